The zero-order valence-corrected chi connectivity index (χ0v) is 13.4. The summed E-state index contributed by atoms with van der Waals surface area (Å²) in [4.78, 5) is 0. The summed E-state index contributed by atoms with van der Waals surface area (Å²) in [5.41, 5.74) is 3.33. The molecule has 0 spiro atoms. The van der Waals surface area contributed by atoms with E-state index < -0.39 is 0 Å². The summed E-state index contributed by atoms with van der Waals surface area (Å²) in [5, 5.41) is 4.16. The zero-order chi connectivity index (χ0) is 15.1. The van der Waals surface area contributed by atoms with E-state index in [4.69, 9.17) is 16.3 Å². The predicted molar refractivity (Wildman–Crippen MR) is 90.1 cm³/mol. The molecular formula is C18H22ClNO. The molecule has 2 rings (SSSR count). The van der Waals surface area contributed by atoms with Gasteiger partial charge in [-0.1, -0.05) is 42.8 Å². The van der Waals surface area contributed by atoms with Crippen LogP contribution >= 0.6 is 11.6 Å². The van der Waals surface area contributed by atoms with Crippen molar-refractivity contribution in [3.05, 3.63) is 53.1 Å². The number of benzene rings is 2. The van der Waals surface area contributed by atoms with Gasteiger partial charge in [0.15, 0.2) is 0 Å². The Morgan fingerprint density at radius 1 is 1.10 bits per heavy atom. The van der Waals surface area contributed by atoms with Gasteiger partial charge in [-0.05, 0) is 49.2 Å². The molecule has 0 heterocycles. The van der Waals surface area contributed by atoms with Crippen molar-refractivity contribution in [2.75, 3.05) is 13.2 Å². The van der Waals surface area contributed by atoms with Crippen molar-refractivity contribution in [1.29, 1.82) is 0 Å². The van der Waals surface area contributed by atoms with Gasteiger partial charge in [-0.3, -0.25) is 0 Å². The molecule has 21 heavy (non-hydrogen) atoms. The van der Waals surface area contributed by atoms with Gasteiger partial charge in [0.25, 0.3) is 0 Å². The van der Waals surface area contributed by atoms with Gasteiger partial charge < -0.3 is 10.1 Å². The number of rotatable bonds is 7. The van der Waals surface area contributed by atoms with Crippen molar-refractivity contribution in [3.8, 4) is 16.9 Å². The van der Waals surface area contributed by atoms with Crippen LogP contribution in [0, 0.1) is 0 Å². The summed E-state index contributed by atoms with van der Waals surface area (Å²) in [6.45, 7) is 6.69. The highest BCUT2D eigenvalue weighted by molar-refractivity contribution is 6.33. The number of ether oxygens (including phenoxy) is 1. The van der Waals surface area contributed by atoms with Crippen LogP contribution in [0.1, 0.15) is 25.8 Å². The second-order valence-electron chi connectivity index (χ2n) is 4.95. The van der Waals surface area contributed by atoms with E-state index in [0.29, 0.717) is 6.61 Å². The maximum atomic E-state index is 6.44. The molecule has 0 unspecified atom stereocenters. The molecular weight excluding hydrogens is 282 g/mol. The second kappa shape index (κ2) is 8.06. The summed E-state index contributed by atoms with van der Waals surface area (Å²) in [6, 6.07) is 14.3. The van der Waals surface area contributed by atoms with Crippen molar-refractivity contribution >= 4 is 11.6 Å². The second-order valence-corrected chi connectivity index (χ2v) is 5.36. The maximum absolute atomic E-state index is 6.44. The van der Waals surface area contributed by atoms with Gasteiger partial charge in [0.2, 0.25) is 0 Å². The first-order valence-electron chi connectivity index (χ1n) is 7.47. The van der Waals surface area contributed by atoms with Crippen LogP contribution in [-0.4, -0.2) is 13.2 Å². The van der Waals surface area contributed by atoms with Crippen LogP contribution in [0.15, 0.2) is 42.5 Å². The van der Waals surface area contributed by atoms with E-state index in [0.717, 1.165) is 41.4 Å². The van der Waals surface area contributed by atoms with Gasteiger partial charge in [-0.15, -0.1) is 0 Å². The molecule has 2 aromatic rings. The number of halogens is 1. The van der Waals surface area contributed by atoms with E-state index >= 15 is 0 Å². The van der Waals surface area contributed by atoms with Crippen LogP contribution < -0.4 is 10.1 Å². The SMILES string of the molecule is CCCNCc1ccc(-c2cccc(OCC)c2)c(Cl)c1. The normalized spacial score (nSPS) is 10.6. The zero-order valence-electron chi connectivity index (χ0n) is 12.7. The highest BCUT2D eigenvalue weighted by Gasteiger charge is 2.06. The maximum Gasteiger partial charge on any atom is 0.119 e. The highest BCUT2D eigenvalue weighted by atomic mass is 35.5. The van der Waals surface area contributed by atoms with Crippen LogP contribution in [0.2, 0.25) is 5.02 Å². The molecule has 0 atom stereocenters. The fourth-order valence-corrected chi connectivity index (χ4v) is 2.54. The fraction of sp³-hybridized carbons (Fsp3) is 0.333. The third-order valence-corrected chi connectivity index (χ3v) is 3.56. The van der Waals surface area contributed by atoms with E-state index in [1.165, 1.54) is 5.56 Å². The Morgan fingerprint density at radius 2 is 1.95 bits per heavy atom. The molecule has 2 aromatic carbocycles. The average molecular weight is 304 g/mol. The summed E-state index contributed by atoms with van der Waals surface area (Å²) in [6.07, 6.45) is 1.13. The van der Waals surface area contributed by atoms with Crippen molar-refractivity contribution in [2.45, 2.75) is 26.8 Å². The standard InChI is InChI=1S/C18H22ClNO/c1-3-10-20-13-14-8-9-17(18(19)11-14)15-6-5-7-16(12-15)21-4-2/h5-9,11-12,20H,3-4,10,13H2,1-2H3. The number of hydrogen-bond donors (Lipinski definition) is 1. The summed E-state index contributed by atoms with van der Waals surface area (Å²) >= 11 is 6.44. The van der Waals surface area contributed by atoms with Gasteiger partial charge in [0.1, 0.15) is 5.75 Å². The van der Waals surface area contributed by atoms with E-state index in [2.05, 4.69) is 30.4 Å². The predicted octanol–water partition coefficient (Wildman–Crippen LogP) is 4.91. The molecule has 112 valence electrons. The number of hydrogen-bond acceptors (Lipinski definition) is 2. The molecule has 0 saturated carbocycles. The Hall–Kier alpha value is -1.51. The first kappa shape index (κ1) is 15.9. The molecule has 1 N–H and O–H groups in total. The summed E-state index contributed by atoms with van der Waals surface area (Å²) < 4.78 is 5.54. The molecule has 3 heteroatoms. The largest absolute Gasteiger partial charge is 0.494 e. The van der Waals surface area contributed by atoms with E-state index in [1.54, 1.807) is 0 Å². The first-order valence-corrected chi connectivity index (χ1v) is 7.84. The Morgan fingerprint density at radius 3 is 2.67 bits per heavy atom. The van der Waals surface area contributed by atoms with Crippen LogP contribution in [-0.2, 0) is 6.54 Å². The third-order valence-electron chi connectivity index (χ3n) is 3.25. The van der Waals surface area contributed by atoms with E-state index in [9.17, 15) is 0 Å². The summed E-state index contributed by atoms with van der Waals surface area (Å²) in [5.74, 6) is 0.875. The Labute approximate surface area is 132 Å². The minimum Gasteiger partial charge on any atom is -0.494 e. The van der Waals surface area contributed by atoms with E-state index in [1.807, 2.05) is 31.2 Å². The Kier molecular flexibility index (Phi) is 6.09. The van der Waals surface area contributed by atoms with Crippen molar-refractivity contribution < 1.29 is 4.74 Å². The van der Waals surface area contributed by atoms with E-state index in [-0.39, 0.29) is 0 Å². The molecule has 0 aliphatic carbocycles. The first-order chi connectivity index (χ1) is 10.2. The quantitative estimate of drug-likeness (QED) is 0.734. The van der Waals surface area contributed by atoms with Gasteiger partial charge in [0, 0.05) is 17.1 Å². The Balaban J connectivity index is 2.18. The molecule has 0 fully saturated rings. The lowest BCUT2D eigenvalue weighted by Gasteiger charge is -2.10. The topological polar surface area (TPSA) is 21.3 Å². The molecule has 0 amide bonds. The van der Waals surface area contributed by atoms with Crippen molar-refractivity contribution in [3.63, 3.8) is 0 Å². The summed E-state index contributed by atoms with van der Waals surface area (Å²) in [7, 11) is 0. The van der Waals surface area contributed by atoms with Crippen molar-refractivity contribution in [1.82, 2.24) is 5.32 Å². The molecule has 0 bridgehead atoms. The molecule has 0 saturated heterocycles. The molecule has 0 aliphatic rings. The monoisotopic (exact) mass is 303 g/mol. The van der Waals surface area contributed by atoms with Crippen LogP contribution in [0.25, 0.3) is 11.1 Å². The smallest absolute Gasteiger partial charge is 0.119 e. The lowest BCUT2D eigenvalue weighted by molar-refractivity contribution is 0.340. The average Bonchev–Trinajstić information content (AvgIpc) is 2.48. The minimum atomic E-state index is 0.666. The van der Waals surface area contributed by atoms with Crippen LogP contribution in [0.4, 0.5) is 0 Å². The van der Waals surface area contributed by atoms with Gasteiger partial charge in [0.05, 0.1) is 6.61 Å². The highest BCUT2D eigenvalue weighted by Crippen LogP contribution is 2.31. The fourth-order valence-electron chi connectivity index (χ4n) is 2.23. The van der Waals surface area contributed by atoms with Crippen LogP contribution in [0.5, 0.6) is 5.75 Å². The molecule has 0 aromatic heterocycles. The van der Waals surface area contributed by atoms with Crippen LogP contribution in [0.3, 0.4) is 0 Å². The van der Waals surface area contributed by atoms with Gasteiger partial charge in [-0.25, -0.2) is 0 Å². The minimum absolute atomic E-state index is 0.666. The van der Waals surface area contributed by atoms with Gasteiger partial charge in [-0.2, -0.15) is 0 Å². The Bertz CT molecular complexity index is 583. The number of nitrogens with one attached hydrogen (secondary N) is 1. The van der Waals surface area contributed by atoms with Crippen molar-refractivity contribution in [2.24, 2.45) is 0 Å². The molecule has 0 aliphatic heterocycles. The molecule has 0 radical (unpaired) electrons. The third kappa shape index (κ3) is 4.48. The lowest BCUT2D eigenvalue weighted by Crippen LogP contribution is -2.13. The lowest BCUT2D eigenvalue weighted by atomic mass is 10.0. The van der Waals surface area contributed by atoms with Gasteiger partial charge >= 0.3 is 0 Å². The molecule has 2 nitrogen and oxygen atoms in total.